The van der Waals surface area contributed by atoms with E-state index in [1.165, 1.54) is 0 Å². The monoisotopic (exact) mass is 951 g/mol. The third-order valence-corrected chi connectivity index (χ3v) is 7.47. The summed E-state index contributed by atoms with van der Waals surface area (Å²) in [5.74, 6) is 0. The molecule has 0 aliphatic rings. The van der Waals surface area contributed by atoms with Crippen molar-refractivity contribution in [2.24, 2.45) is 20.3 Å². The average Bonchev–Trinajstić information content (AvgIpc) is 3.20. The van der Waals surface area contributed by atoms with E-state index in [2.05, 4.69) is 88.8 Å². The van der Waals surface area contributed by atoms with Crippen LogP contribution in [0.5, 0.6) is 0 Å². The first-order valence-electron chi connectivity index (χ1n) is 16.3. The van der Waals surface area contributed by atoms with Crippen LogP contribution in [0.2, 0.25) is 0 Å². The Morgan fingerprint density at radius 1 is 0.400 bits per heavy atom. The molecule has 4 aromatic heterocycles. The molecule has 0 atom stereocenters. The van der Waals surface area contributed by atoms with Crippen molar-refractivity contribution in [3.63, 3.8) is 0 Å². The van der Waals surface area contributed by atoms with Gasteiger partial charge in [-0.25, -0.2) is 47.3 Å². The minimum Gasteiger partial charge on any atom is -0.792 e. The summed E-state index contributed by atoms with van der Waals surface area (Å²) >= 11 is 0. The second kappa shape index (κ2) is 25.5. The molecule has 0 bridgehead atoms. The normalized spacial score (nSPS) is 11.9. The molecule has 0 amide bonds. The molecular formula is C38H32Cl2CuN8NiO10. The molecule has 0 fully saturated rings. The van der Waals surface area contributed by atoms with Gasteiger partial charge in [0.05, 0.1) is 44.9 Å². The molecule has 60 heavy (non-hydrogen) atoms. The van der Waals surface area contributed by atoms with E-state index in [0.717, 1.165) is 43.6 Å². The summed E-state index contributed by atoms with van der Waals surface area (Å²) in [6.45, 7) is 6.59. The Bertz CT molecular complexity index is 2280. The predicted molar refractivity (Wildman–Crippen MR) is 199 cm³/mol. The number of para-hydroxylation sites is 2. The van der Waals surface area contributed by atoms with Crippen LogP contribution in [-0.4, -0.2) is 42.8 Å². The number of rotatable bonds is 4. The Labute approximate surface area is 367 Å². The number of hydrogen-bond acceptors (Lipinski definition) is 18. The van der Waals surface area contributed by atoms with Crippen LogP contribution in [0.1, 0.15) is 27.7 Å². The van der Waals surface area contributed by atoms with E-state index >= 15 is 0 Å². The van der Waals surface area contributed by atoms with Crippen molar-refractivity contribution in [2.75, 3.05) is 0 Å². The Balaban J connectivity index is 0.000000402. The van der Waals surface area contributed by atoms with Crippen molar-refractivity contribution >= 4 is 77.8 Å². The van der Waals surface area contributed by atoms with Gasteiger partial charge < -0.3 is 20.7 Å². The van der Waals surface area contributed by atoms with E-state index in [4.69, 9.17) is 37.3 Å². The van der Waals surface area contributed by atoms with E-state index in [1.54, 1.807) is 64.6 Å². The van der Waals surface area contributed by atoms with Crippen LogP contribution < -0.4 is 37.3 Å². The Morgan fingerprint density at radius 2 is 0.633 bits per heavy atom. The van der Waals surface area contributed by atoms with Crippen molar-refractivity contribution in [3.8, 4) is 0 Å². The van der Waals surface area contributed by atoms with E-state index in [1.807, 2.05) is 36.4 Å². The number of aromatic nitrogens is 4. The topological polar surface area (TPSA) is 332 Å². The predicted octanol–water partition coefficient (Wildman–Crippen LogP) is -0.162. The molecule has 7 aromatic rings. The van der Waals surface area contributed by atoms with Crippen LogP contribution >= 0.6 is 0 Å². The van der Waals surface area contributed by atoms with E-state index < -0.39 is 20.5 Å². The summed E-state index contributed by atoms with van der Waals surface area (Å²) in [4.78, 5) is 26.0. The van der Waals surface area contributed by atoms with Crippen molar-refractivity contribution in [1.29, 1.82) is 0 Å². The second-order valence-electron chi connectivity index (χ2n) is 11.4. The average molecular weight is 954 g/mol. The molecule has 4 heterocycles. The quantitative estimate of drug-likeness (QED) is 0.0958. The first-order valence-corrected chi connectivity index (χ1v) is 18.8. The molecular weight excluding hydrogens is 922 g/mol. The van der Waals surface area contributed by atoms with Gasteiger partial charge in [-0.3, -0.25) is 19.9 Å². The molecule has 22 heteroatoms. The molecule has 1 radical (unpaired) electrons. The minimum atomic E-state index is -4.94. The fraction of sp³-hybridized carbons (Fsp3) is 0.105. The number of benzene rings is 3. The molecule has 0 saturated heterocycles. The number of aliphatic imine (C=N–C) groups is 2. The molecule has 0 aliphatic carbocycles. The number of halogens is 2. The van der Waals surface area contributed by atoms with E-state index in [0.29, 0.717) is 34.2 Å². The molecule has 0 saturated carbocycles. The number of nitrogens with zero attached hydrogens (tertiary/aromatic N) is 8. The molecule has 0 N–H and O–H groups in total. The molecule has 0 spiro atoms. The largest absolute Gasteiger partial charge is 2.00 e. The first kappa shape index (κ1) is 52.9. The molecule has 3 aromatic carbocycles. The van der Waals surface area contributed by atoms with Gasteiger partial charge in [-0.15, -0.1) is 20.5 Å². The third kappa shape index (κ3) is 18.4. The van der Waals surface area contributed by atoms with Crippen LogP contribution in [0, 0.1) is 30.9 Å². The van der Waals surface area contributed by atoms with Gasteiger partial charge in [-0.05, 0) is 64.1 Å². The van der Waals surface area contributed by atoms with Crippen LogP contribution in [0.4, 0.5) is 11.4 Å². The maximum Gasteiger partial charge on any atom is 2.00 e. The summed E-state index contributed by atoms with van der Waals surface area (Å²) in [5.41, 5.74) is 6.80. The van der Waals surface area contributed by atoms with Gasteiger partial charge in [-0.2, -0.15) is 0 Å². The Kier molecular flexibility index (Phi) is 22.4. The molecule has 319 valence electrons. The zero-order chi connectivity index (χ0) is 42.9. The van der Waals surface area contributed by atoms with Crippen LogP contribution in [0.3, 0.4) is 0 Å². The SMILES string of the molecule is CC(=Nc1ccccc1N=C(C)/C(C)=N\[O-])/C(C)=N\[O-].[Cu+2].[Ni+2].[O-][Cl+3]([O-])([O-])[O-].[O-][Cl+3]([O-])([O-])[O-].c1cnc2c(c1)ccc1cccnc12.c1cnc2c(c1)ccc1cccnc12. The Morgan fingerprint density at radius 3 is 0.850 bits per heavy atom. The zero-order valence-electron chi connectivity index (χ0n) is 31.6. The van der Waals surface area contributed by atoms with Crippen molar-refractivity contribution < 1.29 is 91.3 Å². The standard InChI is InChI=1S/C14H18N4O2.2C12H8N2.2ClHO4.Cu.Ni/c1-9(11(3)17-19)15-13-7-5-6-8-14(13)16-10(2)12(4)18-20;2*1-3-9-5-6-10-4-2-8-14-12(10)11(9)13-7-1;2*2-1(3,4)5;;/h5-8,19-20H,1-4H3;2*1-8H;2*(H,2,3,4,5);;/q;;;;;2*+2/p-4/b15-9?,16-10?,17-11-,18-12-;;;;;;. The van der Waals surface area contributed by atoms with Gasteiger partial charge >= 0.3 is 33.6 Å². The summed E-state index contributed by atoms with van der Waals surface area (Å²) in [6.07, 6.45) is 7.21. The van der Waals surface area contributed by atoms with Crippen LogP contribution in [0.25, 0.3) is 43.6 Å². The van der Waals surface area contributed by atoms with Crippen LogP contribution in [-0.2, 0) is 33.6 Å². The minimum absolute atomic E-state index is 0. The van der Waals surface area contributed by atoms with Crippen molar-refractivity contribution in [3.05, 3.63) is 132 Å². The summed E-state index contributed by atoms with van der Waals surface area (Å²) in [5, 5.41) is 31.2. The molecule has 0 unspecified atom stereocenters. The second-order valence-corrected chi connectivity index (χ2v) is 12.9. The fourth-order valence-corrected chi connectivity index (χ4v) is 4.67. The number of pyridine rings is 4. The Hall–Kier alpha value is -5.15. The summed E-state index contributed by atoms with van der Waals surface area (Å²) < 4.78 is 67.9. The maximum absolute atomic E-state index is 10.5. The number of fused-ring (bicyclic) bond motifs is 6. The van der Waals surface area contributed by atoms with Gasteiger partial charge in [0.2, 0.25) is 0 Å². The van der Waals surface area contributed by atoms with Crippen molar-refractivity contribution in [1.82, 2.24) is 19.9 Å². The van der Waals surface area contributed by atoms with Gasteiger partial charge in [0.1, 0.15) is 0 Å². The van der Waals surface area contributed by atoms with Gasteiger partial charge in [0.15, 0.2) is 0 Å². The van der Waals surface area contributed by atoms with Gasteiger partial charge in [0, 0.05) is 57.8 Å². The van der Waals surface area contributed by atoms with Gasteiger partial charge in [0.25, 0.3) is 0 Å². The molecule has 0 aliphatic heterocycles. The van der Waals surface area contributed by atoms with Crippen LogP contribution in [0.15, 0.2) is 142 Å². The van der Waals surface area contributed by atoms with Gasteiger partial charge in [-0.1, -0.05) is 60.7 Å². The zero-order valence-corrected chi connectivity index (χ0v) is 35.0. The van der Waals surface area contributed by atoms with Crippen molar-refractivity contribution in [2.45, 2.75) is 27.7 Å². The fourth-order valence-electron chi connectivity index (χ4n) is 4.67. The third-order valence-electron chi connectivity index (χ3n) is 7.47. The summed E-state index contributed by atoms with van der Waals surface area (Å²) in [7, 11) is -9.89. The maximum atomic E-state index is 10.5. The molecule has 18 nitrogen and oxygen atoms in total. The van der Waals surface area contributed by atoms with E-state index in [-0.39, 0.29) is 33.6 Å². The number of hydrogen-bond donors (Lipinski definition) is 0. The van der Waals surface area contributed by atoms with E-state index in [9.17, 15) is 10.4 Å². The first-order chi connectivity index (χ1) is 27.4. The summed E-state index contributed by atoms with van der Waals surface area (Å²) in [6, 6.07) is 31.5. The smallest absolute Gasteiger partial charge is 0.792 e. The molecule has 7 rings (SSSR count).